The predicted octanol–water partition coefficient (Wildman–Crippen LogP) is 3.36. The van der Waals surface area contributed by atoms with Crippen molar-refractivity contribution in [3.63, 3.8) is 0 Å². The summed E-state index contributed by atoms with van der Waals surface area (Å²) in [7, 11) is 1.60. The van der Waals surface area contributed by atoms with Crippen LogP contribution >= 0.6 is 0 Å². The average Bonchev–Trinajstić information content (AvgIpc) is 2.45. The lowest BCUT2D eigenvalue weighted by molar-refractivity contribution is 0.0472. The van der Waals surface area contributed by atoms with Gasteiger partial charge in [-0.15, -0.1) is 0 Å². The molecule has 0 fully saturated rings. The Hall–Kier alpha value is -2.29. The molecule has 0 aliphatic rings. The first kappa shape index (κ1) is 13.1. The monoisotopic (exact) mass is 256 g/mol. The van der Waals surface area contributed by atoms with Crippen molar-refractivity contribution in [1.82, 2.24) is 0 Å². The maximum atomic E-state index is 12.0. The van der Waals surface area contributed by atoms with Gasteiger partial charge in [-0.1, -0.05) is 30.3 Å². The number of rotatable bonds is 4. The molecule has 0 saturated heterocycles. The number of benzene rings is 2. The molecule has 98 valence electrons. The number of carbonyl (C=O) groups is 1. The van der Waals surface area contributed by atoms with Gasteiger partial charge in [0.05, 0.1) is 12.7 Å². The van der Waals surface area contributed by atoms with Crippen molar-refractivity contribution in [3.8, 4) is 5.75 Å². The summed E-state index contributed by atoms with van der Waals surface area (Å²) in [5, 5.41) is 0. The molecule has 0 spiro atoms. The summed E-state index contributed by atoms with van der Waals surface area (Å²) >= 11 is 0. The highest BCUT2D eigenvalue weighted by atomic mass is 16.5. The summed E-state index contributed by atoms with van der Waals surface area (Å²) in [6, 6.07) is 14.9. The fraction of sp³-hybridized carbons (Fsp3) is 0.188. The van der Waals surface area contributed by atoms with E-state index in [0.29, 0.717) is 5.56 Å². The first-order valence-corrected chi connectivity index (χ1v) is 6.06. The van der Waals surface area contributed by atoms with Gasteiger partial charge in [-0.3, -0.25) is 0 Å². The highest BCUT2D eigenvalue weighted by Gasteiger charge is 2.11. The van der Waals surface area contributed by atoms with Gasteiger partial charge in [0.15, 0.2) is 0 Å². The molecule has 2 rings (SSSR count). The zero-order chi connectivity index (χ0) is 13.7. The Kier molecular flexibility index (Phi) is 4.18. The van der Waals surface area contributed by atoms with Gasteiger partial charge < -0.3 is 9.47 Å². The smallest absolute Gasteiger partial charge is 0.338 e. The summed E-state index contributed by atoms with van der Waals surface area (Å²) in [5.41, 5.74) is 2.39. The van der Waals surface area contributed by atoms with Crippen LogP contribution < -0.4 is 4.74 Å². The van der Waals surface area contributed by atoms with Crippen LogP contribution in [0.3, 0.4) is 0 Å². The fourth-order valence-corrected chi connectivity index (χ4v) is 1.79. The number of aryl methyl sites for hydroxylation is 1. The van der Waals surface area contributed by atoms with Gasteiger partial charge in [0.1, 0.15) is 12.4 Å². The number of hydrogen-bond donors (Lipinski definition) is 0. The minimum absolute atomic E-state index is 0.283. The third-order valence-corrected chi connectivity index (χ3v) is 2.87. The van der Waals surface area contributed by atoms with Crippen LogP contribution in [0.1, 0.15) is 21.5 Å². The van der Waals surface area contributed by atoms with Crippen LogP contribution in [0.15, 0.2) is 48.5 Å². The Labute approximate surface area is 112 Å². The Bertz CT molecular complexity index is 561. The van der Waals surface area contributed by atoms with E-state index in [2.05, 4.69) is 0 Å². The van der Waals surface area contributed by atoms with E-state index in [9.17, 15) is 4.79 Å². The molecule has 3 nitrogen and oxygen atoms in total. The molecule has 0 amide bonds. The van der Waals surface area contributed by atoms with Gasteiger partial charge in [-0.2, -0.15) is 0 Å². The molecular weight excluding hydrogens is 240 g/mol. The first-order chi connectivity index (χ1) is 9.20. The summed E-state index contributed by atoms with van der Waals surface area (Å²) in [6.07, 6.45) is 0. The van der Waals surface area contributed by atoms with E-state index in [-0.39, 0.29) is 12.6 Å². The van der Waals surface area contributed by atoms with Crippen molar-refractivity contribution in [2.75, 3.05) is 7.11 Å². The minimum Gasteiger partial charge on any atom is -0.497 e. The highest BCUT2D eigenvalue weighted by Crippen LogP contribution is 2.18. The van der Waals surface area contributed by atoms with Crippen LogP contribution in [-0.2, 0) is 11.3 Å². The molecule has 3 heteroatoms. The van der Waals surface area contributed by atoms with Crippen LogP contribution in [0.2, 0.25) is 0 Å². The number of ether oxygens (including phenoxy) is 2. The van der Waals surface area contributed by atoms with Gasteiger partial charge in [-0.05, 0) is 36.2 Å². The zero-order valence-electron chi connectivity index (χ0n) is 11.1. The number of hydrogen-bond acceptors (Lipinski definition) is 3. The topological polar surface area (TPSA) is 35.5 Å². The Balaban J connectivity index is 2.04. The predicted molar refractivity (Wildman–Crippen MR) is 73.3 cm³/mol. The van der Waals surface area contributed by atoms with E-state index < -0.39 is 0 Å². The van der Waals surface area contributed by atoms with Crippen molar-refractivity contribution in [1.29, 1.82) is 0 Å². The van der Waals surface area contributed by atoms with Crippen LogP contribution in [0.5, 0.6) is 5.75 Å². The lowest BCUT2D eigenvalue weighted by Crippen LogP contribution is -2.07. The molecule has 0 aromatic heterocycles. The lowest BCUT2D eigenvalue weighted by Gasteiger charge is -2.08. The van der Waals surface area contributed by atoms with Crippen molar-refractivity contribution < 1.29 is 14.3 Å². The SMILES string of the molecule is COc1ccc(C(=O)OCc2ccccc2)c(C)c1. The van der Waals surface area contributed by atoms with E-state index in [1.165, 1.54) is 0 Å². The average molecular weight is 256 g/mol. The van der Waals surface area contributed by atoms with Gasteiger partial charge in [0.2, 0.25) is 0 Å². The second-order valence-electron chi connectivity index (χ2n) is 4.24. The highest BCUT2D eigenvalue weighted by molar-refractivity contribution is 5.91. The molecule has 19 heavy (non-hydrogen) atoms. The molecule has 0 atom stereocenters. The summed E-state index contributed by atoms with van der Waals surface area (Å²) in [6.45, 7) is 2.15. The van der Waals surface area contributed by atoms with Gasteiger partial charge in [0.25, 0.3) is 0 Å². The Morgan fingerprint density at radius 3 is 2.47 bits per heavy atom. The van der Waals surface area contributed by atoms with Crippen LogP contribution in [0.4, 0.5) is 0 Å². The van der Waals surface area contributed by atoms with Gasteiger partial charge >= 0.3 is 5.97 Å². The molecule has 0 saturated carbocycles. The van der Waals surface area contributed by atoms with Crippen LogP contribution in [0, 0.1) is 6.92 Å². The standard InChI is InChI=1S/C16H16O3/c1-12-10-14(18-2)8-9-15(12)16(17)19-11-13-6-4-3-5-7-13/h3-10H,11H2,1-2H3. The van der Waals surface area contributed by atoms with E-state index in [0.717, 1.165) is 16.9 Å². The molecule has 2 aromatic carbocycles. The largest absolute Gasteiger partial charge is 0.497 e. The summed E-state index contributed by atoms with van der Waals surface area (Å²) in [5.74, 6) is 0.418. The molecule has 0 bridgehead atoms. The number of esters is 1. The number of carbonyl (C=O) groups excluding carboxylic acids is 1. The maximum absolute atomic E-state index is 12.0. The molecule has 0 heterocycles. The third kappa shape index (κ3) is 3.35. The summed E-state index contributed by atoms with van der Waals surface area (Å²) in [4.78, 5) is 12.0. The van der Waals surface area contributed by atoms with E-state index in [1.54, 1.807) is 19.2 Å². The Morgan fingerprint density at radius 2 is 1.84 bits per heavy atom. The normalized spacial score (nSPS) is 10.0. The molecule has 0 N–H and O–H groups in total. The molecule has 0 radical (unpaired) electrons. The van der Waals surface area contributed by atoms with Crippen LogP contribution in [-0.4, -0.2) is 13.1 Å². The molecule has 0 aliphatic heterocycles. The quantitative estimate of drug-likeness (QED) is 0.787. The first-order valence-electron chi connectivity index (χ1n) is 6.06. The van der Waals surface area contributed by atoms with Crippen molar-refractivity contribution in [3.05, 3.63) is 65.2 Å². The van der Waals surface area contributed by atoms with E-state index in [4.69, 9.17) is 9.47 Å². The lowest BCUT2D eigenvalue weighted by atomic mass is 10.1. The van der Waals surface area contributed by atoms with E-state index in [1.807, 2.05) is 43.3 Å². The zero-order valence-corrected chi connectivity index (χ0v) is 11.1. The van der Waals surface area contributed by atoms with E-state index >= 15 is 0 Å². The number of methoxy groups -OCH3 is 1. The van der Waals surface area contributed by atoms with Crippen molar-refractivity contribution >= 4 is 5.97 Å². The van der Waals surface area contributed by atoms with Crippen molar-refractivity contribution in [2.45, 2.75) is 13.5 Å². The summed E-state index contributed by atoms with van der Waals surface area (Å²) < 4.78 is 10.4. The molecular formula is C16H16O3. The molecule has 2 aromatic rings. The van der Waals surface area contributed by atoms with Crippen molar-refractivity contribution in [2.24, 2.45) is 0 Å². The Morgan fingerprint density at radius 1 is 1.11 bits per heavy atom. The second kappa shape index (κ2) is 6.05. The van der Waals surface area contributed by atoms with Gasteiger partial charge in [-0.25, -0.2) is 4.79 Å². The fourth-order valence-electron chi connectivity index (χ4n) is 1.79. The van der Waals surface area contributed by atoms with Crippen LogP contribution in [0.25, 0.3) is 0 Å². The third-order valence-electron chi connectivity index (χ3n) is 2.87. The molecule has 0 unspecified atom stereocenters. The van der Waals surface area contributed by atoms with Gasteiger partial charge in [0, 0.05) is 0 Å². The minimum atomic E-state index is -0.316. The maximum Gasteiger partial charge on any atom is 0.338 e. The second-order valence-corrected chi connectivity index (χ2v) is 4.24. The molecule has 0 aliphatic carbocycles.